The second-order valence-electron chi connectivity index (χ2n) is 4.26. The van der Waals surface area contributed by atoms with Gasteiger partial charge in [0.15, 0.2) is 0 Å². The molecule has 0 aliphatic heterocycles. The zero-order chi connectivity index (χ0) is 10.7. The summed E-state index contributed by atoms with van der Waals surface area (Å²) in [6.07, 6.45) is 2.06. The van der Waals surface area contributed by atoms with Crippen molar-refractivity contribution in [2.45, 2.75) is 46.6 Å². The van der Waals surface area contributed by atoms with Crippen molar-refractivity contribution in [3.8, 4) is 0 Å². The van der Waals surface area contributed by atoms with E-state index in [0.717, 1.165) is 23.7 Å². The van der Waals surface area contributed by atoms with Crippen LogP contribution >= 0.6 is 11.6 Å². The molecular weight excluding hydrogens is 196 g/mol. The van der Waals surface area contributed by atoms with E-state index in [1.807, 2.05) is 10.7 Å². The van der Waals surface area contributed by atoms with Crippen molar-refractivity contribution in [1.29, 1.82) is 0 Å². The molecule has 2 nitrogen and oxygen atoms in total. The van der Waals surface area contributed by atoms with Crippen LogP contribution in [0.5, 0.6) is 0 Å². The average Bonchev–Trinajstić information content (AvgIpc) is 2.44. The van der Waals surface area contributed by atoms with Gasteiger partial charge in [-0.15, -0.1) is 0 Å². The van der Waals surface area contributed by atoms with Crippen LogP contribution in [0, 0.1) is 5.92 Å². The van der Waals surface area contributed by atoms with E-state index in [9.17, 15) is 0 Å². The Labute approximate surface area is 91.3 Å². The van der Waals surface area contributed by atoms with Crippen molar-refractivity contribution in [2.75, 3.05) is 0 Å². The Hall–Kier alpha value is -0.500. The fourth-order valence-corrected chi connectivity index (χ4v) is 1.75. The maximum atomic E-state index is 6.10. The zero-order valence-corrected chi connectivity index (χ0v) is 10.2. The molecule has 0 amide bonds. The van der Waals surface area contributed by atoms with Crippen LogP contribution in [0.4, 0.5) is 0 Å². The lowest BCUT2D eigenvalue weighted by molar-refractivity contribution is 0.470. The summed E-state index contributed by atoms with van der Waals surface area (Å²) in [7, 11) is 0. The standard InChI is InChI=1S/C11H19ClN2/c1-5-9(4)14-11(12)7-10(13-14)6-8(2)3/h7-9H,5-6H2,1-4H3. The first-order valence-corrected chi connectivity index (χ1v) is 5.66. The number of hydrogen-bond donors (Lipinski definition) is 0. The van der Waals surface area contributed by atoms with Crippen LogP contribution in [0.25, 0.3) is 0 Å². The quantitative estimate of drug-likeness (QED) is 0.747. The van der Waals surface area contributed by atoms with Gasteiger partial charge in [-0.25, -0.2) is 0 Å². The van der Waals surface area contributed by atoms with Gasteiger partial charge in [-0.1, -0.05) is 32.4 Å². The average molecular weight is 215 g/mol. The SMILES string of the molecule is CCC(C)n1nc(CC(C)C)cc1Cl. The molecule has 1 aromatic rings. The Kier molecular flexibility index (Phi) is 3.99. The summed E-state index contributed by atoms with van der Waals surface area (Å²) in [5, 5.41) is 5.26. The minimum Gasteiger partial charge on any atom is -0.251 e. The molecule has 0 saturated heterocycles. The topological polar surface area (TPSA) is 17.8 Å². The molecule has 80 valence electrons. The maximum Gasteiger partial charge on any atom is 0.127 e. The molecule has 1 rings (SSSR count). The number of hydrogen-bond acceptors (Lipinski definition) is 1. The zero-order valence-electron chi connectivity index (χ0n) is 9.42. The van der Waals surface area contributed by atoms with Crippen LogP contribution in [0.2, 0.25) is 5.15 Å². The Morgan fingerprint density at radius 3 is 2.57 bits per heavy atom. The van der Waals surface area contributed by atoms with Gasteiger partial charge in [-0.2, -0.15) is 5.10 Å². The molecule has 1 atom stereocenters. The van der Waals surface area contributed by atoms with E-state index in [4.69, 9.17) is 11.6 Å². The molecule has 0 aliphatic carbocycles. The highest BCUT2D eigenvalue weighted by Gasteiger charge is 2.11. The van der Waals surface area contributed by atoms with Crippen molar-refractivity contribution in [1.82, 2.24) is 9.78 Å². The van der Waals surface area contributed by atoms with E-state index in [2.05, 4.69) is 32.8 Å². The molecule has 1 heterocycles. The predicted octanol–water partition coefficient (Wildman–Crippen LogP) is 3.71. The van der Waals surface area contributed by atoms with Crippen molar-refractivity contribution in [3.05, 3.63) is 16.9 Å². The molecule has 0 bridgehead atoms. The highest BCUT2D eigenvalue weighted by atomic mass is 35.5. The van der Waals surface area contributed by atoms with Gasteiger partial charge in [-0.05, 0) is 31.7 Å². The molecule has 0 spiro atoms. The maximum absolute atomic E-state index is 6.10. The van der Waals surface area contributed by atoms with Crippen LogP contribution < -0.4 is 0 Å². The van der Waals surface area contributed by atoms with Gasteiger partial charge in [0, 0.05) is 0 Å². The van der Waals surface area contributed by atoms with Crippen molar-refractivity contribution < 1.29 is 0 Å². The third-order valence-corrected chi connectivity index (χ3v) is 2.65. The van der Waals surface area contributed by atoms with E-state index >= 15 is 0 Å². The molecule has 1 unspecified atom stereocenters. The first-order chi connectivity index (χ1) is 6.54. The number of halogens is 1. The van der Waals surface area contributed by atoms with Crippen molar-refractivity contribution in [2.24, 2.45) is 5.92 Å². The molecule has 0 saturated carbocycles. The summed E-state index contributed by atoms with van der Waals surface area (Å²) < 4.78 is 1.92. The molecule has 0 aliphatic rings. The van der Waals surface area contributed by atoms with Crippen molar-refractivity contribution in [3.63, 3.8) is 0 Å². The molecule has 14 heavy (non-hydrogen) atoms. The molecule has 1 aromatic heterocycles. The van der Waals surface area contributed by atoms with Gasteiger partial charge in [0.2, 0.25) is 0 Å². The fraction of sp³-hybridized carbons (Fsp3) is 0.727. The number of rotatable bonds is 4. The monoisotopic (exact) mass is 214 g/mol. The van der Waals surface area contributed by atoms with Gasteiger partial charge in [0.1, 0.15) is 5.15 Å². The van der Waals surface area contributed by atoms with Gasteiger partial charge < -0.3 is 0 Å². The van der Waals surface area contributed by atoms with E-state index in [1.54, 1.807) is 0 Å². The molecule has 0 radical (unpaired) electrons. The van der Waals surface area contributed by atoms with E-state index < -0.39 is 0 Å². The summed E-state index contributed by atoms with van der Waals surface area (Å²) in [6.45, 7) is 8.66. The molecule has 0 fully saturated rings. The van der Waals surface area contributed by atoms with E-state index in [-0.39, 0.29) is 0 Å². The lowest BCUT2D eigenvalue weighted by Gasteiger charge is -2.09. The Balaban J connectivity index is 2.82. The smallest absolute Gasteiger partial charge is 0.127 e. The van der Waals surface area contributed by atoms with Gasteiger partial charge in [0.05, 0.1) is 11.7 Å². The largest absolute Gasteiger partial charge is 0.251 e. The lowest BCUT2D eigenvalue weighted by atomic mass is 10.1. The summed E-state index contributed by atoms with van der Waals surface area (Å²) in [5.41, 5.74) is 1.10. The summed E-state index contributed by atoms with van der Waals surface area (Å²) >= 11 is 6.10. The van der Waals surface area contributed by atoms with Crippen LogP contribution in [-0.2, 0) is 6.42 Å². The second kappa shape index (κ2) is 4.83. The molecule has 0 N–H and O–H groups in total. The first kappa shape index (κ1) is 11.6. The van der Waals surface area contributed by atoms with Crippen LogP contribution in [-0.4, -0.2) is 9.78 Å². The minimum absolute atomic E-state index is 0.392. The van der Waals surface area contributed by atoms with Crippen LogP contribution in [0.1, 0.15) is 45.9 Å². The van der Waals surface area contributed by atoms with Crippen LogP contribution in [0.3, 0.4) is 0 Å². The molecular formula is C11H19ClN2. The lowest BCUT2D eigenvalue weighted by Crippen LogP contribution is -2.06. The fourth-order valence-electron chi connectivity index (χ4n) is 1.42. The van der Waals surface area contributed by atoms with Gasteiger partial charge >= 0.3 is 0 Å². The van der Waals surface area contributed by atoms with Crippen LogP contribution in [0.15, 0.2) is 6.07 Å². The highest BCUT2D eigenvalue weighted by molar-refractivity contribution is 6.29. The van der Waals surface area contributed by atoms with Crippen molar-refractivity contribution >= 4 is 11.6 Å². The third kappa shape index (κ3) is 2.74. The highest BCUT2D eigenvalue weighted by Crippen LogP contribution is 2.20. The predicted molar refractivity (Wildman–Crippen MR) is 60.8 cm³/mol. The van der Waals surface area contributed by atoms with E-state index in [1.165, 1.54) is 0 Å². The molecule has 3 heteroatoms. The number of aromatic nitrogens is 2. The Morgan fingerprint density at radius 2 is 2.07 bits per heavy atom. The summed E-state index contributed by atoms with van der Waals surface area (Å²) in [4.78, 5) is 0. The third-order valence-electron chi connectivity index (χ3n) is 2.37. The van der Waals surface area contributed by atoms with Gasteiger partial charge in [0.25, 0.3) is 0 Å². The normalized spacial score (nSPS) is 13.6. The van der Waals surface area contributed by atoms with Gasteiger partial charge in [-0.3, -0.25) is 4.68 Å². The number of nitrogens with zero attached hydrogens (tertiary/aromatic N) is 2. The summed E-state index contributed by atoms with van der Waals surface area (Å²) in [6, 6.07) is 2.37. The Bertz CT molecular complexity index is 291. The first-order valence-electron chi connectivity index (χ1n) is 5.28. The minimum atomic E-state index is 0.392. The Morgan fingerprint density at radius 1 is 1.43 bits per heavy atom. The second-order valence-corrected chi connectivity index (χ2v) is 4.65. The molecule has 0 aromatic carbocycles. The van der Waals surface area contributed by atoms with E-state index in [0.29, 0.717) is 12.0 Å². The summed E-state index contributed by atoms with van der Waals surface area (Å²) in [5.74, 6) is 0.631.